The van der Waals surface area contributed by atoms with Crippen LogP contribution >= 0.6 is 0 Å². The molecule has 1 N–H and O–H groups in total. The standard InChI is InChI=1S/C10H13F4NO3/c11-9(12)5-7(10(9,13)14)18-8(17)15-3-1-6(16)2-4-15/h6-7,16H,1-5H2. The molecule has 8 heteroatoms. The van der Waals surface area contributed by atoms with Crippen LogP contribution in [0.1, 0.15) is 19.3 Å². The molecule has 1 amide bonds. The van der Waals surface area contributed by atoms with E-state index in [1.807, 2.05) is 0 Å². The SMILES string of the molecule is O=C(OC1CC(F)(F)C1(F)F)N1CCC(O)CC1. The fourth-order valence-corrected chi connectivity index (χ4v) is 1.96. The molecule has 1 heterocycles. The van der Waals surface area contributed by atoms with Gasteiger partial charge in [-0.05, 0) is 12.8 Å². The number of amides is 1. The third-order valence-corrected chi connectivity index (χ3v) is 3.30. The van der Waals surface area contributed by atoms with Gasteiger partial charge in [0.25, 0.3) is 0 Å². The van der Waals surface area contributed by atoms with Crippen molar-refractivity contribution in [2.75, 3.05) is 13.1 Å². The maximum absolute atomic E-state index is 12.9. The molecule has 4 nitrogen and oxygen atoms in total. The van der Waals surface area contributed by atoms with E-state index in [0.29, 0.717) is 12.8 Å². The van der Waals surface area contributed by atoms with Gasteiger partial charge in [-0.15, -0.1) is 0 Å². The highest BCUT2D eigenvalue weighted by atomic mass is 19.3. The predicted octanol–water partition coefficient (Wildman–Crippen LogP) is 1.62. The number of alkyl halides is 4. The maximum atomic E-state index is 12.9. The molecule has 1 atom stereocenters. The topological polar surface area (TPSA) is 49.8 Å². The highest BCUT2D eigenvalue weighted by molar-refractivity contribution is 5.68. The molecule has 0 aromatic heterocycles. The Labute approximate surface area is 101 Å². The number of aliphatic hydroxyl groups is 1. The monoisotopic (exact) mass is 271 g/mol. The first-order valence-corrected chi connectivity index (χ1v) is 5.63. The van der Waals surface area contributed by atoms with Crippen molar-refractivity contribution in [1.82, 2.24) is 4.90 Å². The van der Waals surface area contributed by atoms with Gasteiger partial charge in [0.2, 0.25) is 0 Å². The Bertz CT molecular complexity index is 342. The minimum absolute atomic E-state index is 0.175. The Hall–Kier alpha value is -1.05. The highest BCUT2D eigenvalue weighted by Gasteiger charge is 2.74. The first-order valence-electron chi connectivity index (χ1n) is 5.63. The molecule has 0 aromatic rings. The largest absolute Gasteiger partial charge is 0.439 e. The molecule has 2 aliphatic rings. The molecule has 104 valence electrons. The molecule has 0 spiro atoms. The number of rotatable bonds is 1. The summed E-state index contributed by atoms with van der Waals surface area (Å²) < 4.78 is 55.2. The van der Waals surface area contributed by atoms with E-state index in [9.17, 15) is 27.5 Å². The normalized spacial score (nSPS) is 30.7. The lowest BCUT2D eigenvalue weighted by atomic mass is 9.85. The van der Waals surface area contributed by atoms with Gasteiger partial charge >= 0.3 is 17.9 Å². The van der Waals surface area contributed by atoms with Crippen molar-refractivity contribution in [2.45, 2.75) is 43.3 Å². The number of nitrogens with zero attached hydrogens (tertiary/aromatic N) is 1. The Morgan fingerprint density at radius 2 is 1.78 bits per heavy atom. The van der Waals surface area contributed by atoms with Gasteiger partial charge < -0.3 is 14.7 Å². The number of hydrogen-bond donors (Lipinski definition) is 1. The van der Waals surface area contributed by atoms with Gasteiger partial charge in [0, 0.05) is 13.1 Å². The van der Waals surface area contributed by atoms with Gasteiger partial charge in [-0.25, -0.2) is 4.79 Å². The molecule has 1 saturated carbocycles. The summed E-state index contributed by atoms with van der Waals surface area (Å²) >= 11 is 0. The van der Waals surface area contributed by atoms with Crippen LogP contribution in [-0.2, 0) is 4.74 Å². The lowest BCUT2D eigenvalue weighted by molar-refractivity contribution is -0.330. The second-order valence-electron chi connectivity index (χ2n) is 4.62. The Morgan fingerprint density at radius 3 is 2.22 bits per heavy atom. The van der Waals surface area contributed by atoms with E-state index in [1.54, 1.807) is 0 Å². The van der Waals surface area contributed by atoms with Crippen LogP contribution in [0.5, 0.6) is 0 Å². The average molecular weight is 271 g/mol. The van der Waals surface area contributed by atoms with Crippen LogP contribution in [0.4, 0.5) is 22.4 Å². The third kappa shape index (κ3) is 2.13. The molecule has 0 aromatic carbocycles. The maximum Gasteiger partial charge on any atom is 0.410 e. The second kappa shape index (κ2) is 4.25. The van der Waals surface area contributed by atoms with E-state index in [1.165, 1.54) is 0 Å². The van der Waals surface area contributed by atoms with Crippen LogP contribution in [0.3, 0.4) is 0 Å². The smallest absolute Gasteiger partial charge is 0.410 e. The zero-order valence-electron chi connectivity index (χ0n) is 9.41. The number of piperidine rings is 1. The van der Waals surface area contributed by atoms with Gasteiger partial charge in [0.1, 0.15) is 0 Å². The molecule has 2 fully saturated rings. The minimum Gasteiger partial charge on any atom is -0.439 e. The summed E-state index contributed by atoms with van der Waals surface area (Å²) in [5, 5.41) is 9.20. The Morgan fingerprint density at radius 1 is 1.22 bits per heavy atom. The number of aliphatic hydroxyl groups excluding tert-OH is 1. The van der Waals surface area contributed by atoms with Crippen molar-refractivity contribution in [1.29, 1.82) is 0 Å². The second-order valence-corrected chi connectivity index (χ2v) is 4.62. The Balaban J connectivity index is 1.86. The molecule has 18 heavy (non-hydrogen) atoms. The van der Waals surface area contributed by atoms with E-state index >= 15 is 0 Å². The summed E-state index contributed by atoms with van der Waals surface area (Å²) in [6.45, 7) is 0.351. The number of ether oxygens (including phenoxy) is 1. The first-order chi connectivity index (χ1) is 8.24. The van der Waals surface area contributed by atoms with Crippen molar-refractivity contribution in [3.8, 4) is 0 Å². The zero-order valence-corrected chi connectivity index (χ0v) is 9.41. The average Bonchev–Trinajstić information content (AvgIpc) is 2.28. The van der Waals surface area contributed by atoms with Crippen LogP contribution in [0, 0.1) is 0 Å². The number of hydrogen-bond acceptors (Lipinski definition) is 3. The summed E-state index contributed by atoms with van der Waals surface area (Å²) in [7, 11) is 0. The van der Waals surface area contributed by atoms with Crippen LogP contribution < -0.4 is 0 Å². The quantitative estimate of drug-likeness (QED) is 0.737. The number of likely N-dealkylation sites (tertiary alicyclic amines) is 1. The molecular formula is C10H13F4NO3. The fraction of sp³-hybridized carbons (Fsp3) is 0.900. The van der Waals surface area contributed by atoms with Crippen LogP contribution in [0.25, 0.3) is 0 Å². The molecule has 0 bridgehead atoms. The summed E-state index contributed by atoms with van der Waals surface area (Å²) in [4.78, 5) is 12.6. The number of carbonyl (C=O) groups excluding carboxylic acids is 1. The van der Waals surface area contributed by atoms with Gasteiger partial charge in [-0.2, -0.15) is 17.6 Å². The van der Waals surface area contributed by atoms with Crippen molar-refractivity contribution in [3.63, 3.8) is 0 Å². The van der Waals surface area contributed by atoms with Gasteiger partial charge in [-0.1, -0.05) is 0 Å². The fourth-order valence-electron chi connectivity index (χ4n) is 1.96. The summed E-state index contributed by atoms with van der Waals surface area (Å²) in [5.41, 5.74) is 0. The number of carbonyl (C=O) groups is 1. The van der Waals surface area contributed by atoms with Crippen molar-refractivity contribution >= 4 is 6.09 Å². The molecule has 2 rings (SSSR count). The number of halogens is 4. The van der Waals surface area contributed by atoms with E-state index in [0.717, 1.165) is 4.90 Å². The summed E-state index contributed by atoms with van der Waals surface area (Å²) in [6.07, 6.45) is -4.11. The van der Waals surface area contributed by atoms with Crippen molar-refractivity contribution < 1.29 is 32.2 Å². The van der Waals surface area contributed by atoms with Crippen molar-refractivity contribution in [3.05, 3.63) is 0 Å². The van der Waals surface area contributed by atoms with E-state index < -0.39 is 36.6 Å². The predicted molar refractivity (Wildman–Crippen MR) is 51.6 cm³/mol. The Kier molecular flexibility index (Phi) is 3.16. The molecule has 1 saturated heterocycles. The molecule has 1 unspecified atom stereocenters. The molecular weight excluding hydrogens is 258 g/mol. The van der Waals surface area contributed by atoms with E-state index in [2.05, 4.69) is 4.74 Å². The minimum atomic E-state index is -4.29. The first kappa shape index (κ1) is 13.4. The lowest BCUT2D eigenvalue weighted by Crippen LogP contribution is -2.64. The molecule has 1 aliphatic carbocycles. The van der Waals surface area contributed by atoms with E-state index in [4.69, 9.17) is 0 Å². The highest BCUT2D eigenvalue weighted by Crippen LogP contribution is 2.52. The summed E-state index contributed by atoms with van der Waals surface area (Å²) in [6, 6.07) is 0. The van der Waals surface area contributed by atoms with Gasteiger partial charge in [-0.3, -0.25) is 0 Å². The van der Waals surface area contributed by atoms with Gasteiger partial charge in [0.05, 0.1) is 12.5 Å². The molecule has 1 aliphatic heterocycles. The van der Waals surface area contributed by atoms with Crippen molar-refractivity contribution in [2.24, 2.45) is 0 Å². The van der Waals surface area contributed by atoms with Gasteiger partial charge in [0.15, 0.2) is 6.10 Å². The third-order valence-electron chi connectivity index (χ3n) is 3.30. The zero-order chi connectivity index (χ0) is 13.6. The van der Waals surface area contributed by atoms with Crippen LogP contribution in [0.2, 0.25) is 0 Å². The van der Waals surface area contributed by atoms with Crippen LogP contribution in [0.15, 0.2) is 0 Å². The van der Waals surface area contributed by atoms with Crippen LogP contribution in [-0.4, -0.2) is 53.2 Å². The lowest BCUT2D eigenvalue weighted by Gasteiger charge is -2.43. The molecule has 0 radical (unpaired) electrons. The summed E-state index contributed by atoms with van der Waals surface area (Å²) in [5.74, 6) is -8.39. The van der Waals surface area contributed by atoms with E-state index in [-0.39, 0.29) is 13.1 Å².